The van der Waals surface area contributed by atoms with Gasteiger partial charge in [0.1, 0.15) is 5.82 Å². The summed E-state index contributed by atoms with van der Waals surface area (Å²) in [5, 5.41) is 13.6. The van der Waals surface area contributed by atoms with E-state index < -0.39 is 6.10 Å². The van der Waals surface area contributed by atoms with Gasteiger partial charge < -0.3 is 16.2 Å². The Kier molecular flexibility index (Phi) is 3.41. The number of hydrogen-bond donors (Lipinski definition) is 3. The summed E-state index contributed by atoms with van der Waals surface area (Å²) in [6.07, 6.45) is 4.51. The van der Waals surface area contributed by atoms with E-state index in [-0.39, 0.29) is 6.04 Å². The normalized spacial score (nSPS) is 23.0. The molecule has 2 unspecified atom stereocenters. The highest BCUT2D eigenvalue weighted by Gasteiger charge is 2.24. The first kappa shape index (κ1) is 11.4. The van der Waals surface area contributed by atoms with Gasteiger partial charge in [-0.25, -0.2) is 4.98 Å². The molecule has 1 saturated heterocycles. The fourth-order valence-electron chi connectivity index (χ4n) is 2.20. The van der Waals surface area contributed by atoms with E-state index in [9.17, 15) is 5.11 Å². The summed E-state index contributed by atoms with van der Waals surface area (Å²) < 4.78 is 0. The maximum Gasteiger partial charge on any atom is 0.129 e. The number of nitrogen functional groups attached to an aromatic ring is 1. The first-order valence-corrected chi connectivity index (χ1v) is 5.82. The minimum atomic E-state index is -0.548. The first-order chi connectivity index (χ1) is 7.68. The Labute approximate surface area is 95.9 Å². The lowest BCUT2D eigenvalue weighted by atomic mass is 9.95. The lowest BCUT2D eigenvalue weighted by Gasteiger charge is -2.28. The highest BCUT2D eigenvalue weighted by Crippen LogP contribution is 2.26. The predicted octanol–water partition coefficient (Wildman–Crippen LogP) is 1.15. The number of hydrogen-bond acceptors (Lipinski definition) is 4. The number of pyridine rings is 1. The Morgan fingerprint density at radius 3 is 3.06 bits per heavy atom. The zero-order valence-electron chi connectivity index (χ0n) is 9.61. The van der Waals surface area contributed by atoms with E-state index >= 15 is 0 Å². The van der Waals surface area contributed by atoms with Gasteiger partial charge in [0.2, 0.25) is 0 Å². The molecule has 0 saturated carbocycles. The number of aliphatic hydroxyl groups excluding tert-OH is 1. The van der Waals surface area contributed by atoms with E-state index in [0.29, 0.717) is 5.82 Å². The molecule has 0 amide bonds. The number of aromatic nitrogens is 1. The molecule has 88 valence electrons. The maximum absolute atomic E-state index is 10.3. The number of nitrogens with two attached hydrogens (primary N) is 1. The van der Waals surface area contributed by atoms with Gasteiger partial charge in [0.15, 0.2) is 0 Å². The molecule has 0 aliphatic carbocycles. The van der Waals surface area contributed by atoms with Crippen molar-refractivity contribution in [2.75, 3.05) is 12.3 Å². The van der Waals surface area contributed by atoms with Crippen molar-refractivity contribution in [3.8, 4) is 0 Å². The van der Waals surface area contributed by atoms with Gasteiger partial charge in [0.05, 0.1) is 6.10 Å². The summed E-state index contributed by atoms with van der Waals surface area (Å²) in [5.41, 5.74) is 7.57. The molecule has 2 rings (SSSR count). The van der Waals surface area contributed by atoms with Crippen LogP contribution in [0.2, 0.25) is 0 Å². The largest absolute Gasteiger partial charge is 0.387 e. The van der Waals surface area contributed by atoms with Gasteiger partial charge in [0, 0.05) is 17.8 Å². The van der Waals surface area contributed by atoms with Gasteiger partial charge in [-0.15, -0.1) is 0 Å². The highest BCUT2D eigenvalue weighted by molar-refractivity contribution is 5.42. The smallest absolute Gasteiger partial charge is 0.129 e. The second-order valence-corrected chi connectivity index (χ2v) is 4.49. The molecule has 2 atom stereocenters. The van der Waals surface area contributed by atoms with Crippen molar-refractivity contribution in [1.29, 1.82) is 0 Å². The number of nitrogens with one attached hydrogen (secondary N) is 1. The van der Waals surface area contributed by atoms with Crippen LogP contribution >= 0.6 is 0 Å². The van der Waals surface area contributed by atoms with Crippen LogP contribution in [0.3, 0.4) is 0 Å². The Balaban J connectivity index is 2.18. The van der Waals surface area contributed by atoms with E-state index in [1.54, 1.807) is 6.20 Å². The summed E-state index contributed by atoms with van der Waals surface area (Å²) >= 11 is 0. The van der Waals surface area contributed by atoms with Crippen LogP contribution in [-0.4, -0.2) is 22.7 Å². The third-order valence-corrected chi connectivity index (χ3v) is 3.13. The van der Waals surface area contributed by atoms with Crippen LogP contribution in [0.1, 0.15) is 36.5 Å². The molecular formula is C12H19N3O. The van der Waals surface area contributed by atoms with Crippen molar-refractivity contribution in [3.05, 3.63) is 23.4 Å². The average molecular weight is 221 g/mol. The molecule has 16 heavy (non-hydrogen) atoms. The molecule has 4 heteroatoms. The van der Waals surface area contributed by atoms with Crippen molar-refractivity contribution < 1.29 is 5.11 Å². The SMILES string of the molecule is Cc1cnc(N)c(C(O)C2CCCCN2)c1. The molecule has 1 fully saturated rings. The summed E-state index contributed by atoms with van der Waals surface area (Å²) in [5.74, 6) is 0.436. The monoisotopic (exact) mass is 221 g/mol. The molecule has 1 aromatic rings. The third-order valence-electron chi connectivity index (χ3n) is 3.13. The van der Waals surface area contributed by atoms with Gasteiger partial charge in [-0.2, -0.15) is 0 Å². The van der Waals surface area contributed by atoms with Crippen molar-refractivity contribution in [3.63, 3.8) is 0 Å². The molecule has 2 heterocycles. The summed E-state index contributed by atoms with van der Waals surface area (Å²) in [6.45, 7) is 2.93. The van der Waals surface area contributed by atoms with Crippen molar-refractivity contribution in [2.24, 2.45) is 0 Å². The van der Waals surface area contributed by atoms with Crippen LogP contribution in [0.4, 0.5) is 5.82 Å². The zero-order chi connectivity index (χ0) is 11.5. The lowest BCUT2D eigenvalue weighted by molar-refractivity contribution is 0.114. The van der Waals surface area contributed by atoms with Gasteiger partial charge in [-0.05, 0) is 37.9 Å². The summed E-state index contributed by atoms with van der Waals surface area (Å²) in [6, 6.07) is 2.03. The minimum Gasteiger partial charge on any atom is -0.387 e. The van der Waals surface area contributed by atoms with E-state index in [2.05, 4.69) is 10.3 Å². The van der Waals surface area contributed by atoms with Gasteiger partial charge >= 0.3 is 0 Å². The second kappa shape index (κ2) is 4.80. The standard InChI is InChI=1S/C12H19N3O/c1-8-6-9(12(13)15-7-8)11(16)10-4-2-3-5-14-10/h6-7,10-11,14,16H,2-5H2,1H3,(H2,13,15). The number of rotatable bonds is 2. The van der Waals surface area contributed by atoms with Crippen LogP contribution in [0.15, 0.2) is 12.3 Å². The van der Waals surface area contributed by atoms with E-state index in [1.165, 1.54) is 6.42 Å². The molecule has 1 aliphatic heterocycles. The van der Waals surface area contributed by atoms with E-state index in [4.69, 9.17) is 5.73 Å². The number of aryl methyl sites for hydroxylation is 1. The Morgan fingerprint density at radius 2 is 2.38 bits per heavy atom. The van der Waals surface area contributed by atoms with Crippen LogP contribution < -0.4 is 11.1 Å². The fourth-order valence-corrected chi connectivity index (χ4v) is 2.20. The molecule has 1 aliphatic rings. The molecule has 0 spiro atoms. The lowest BCUT2D eigenvalue weighted by Crippen LogP contribution is -2.39. The Bertz CT molecular complexity index is 361. The Morgan fingerprint density at radius 1 is 1.56 bits per heavy atom. The molecule has 0 bridgehead atoms. The minimum absolute atomic E-state index is 0.111. The van der Waals surface area contributed by atoms with Crippen molar-refractivity contribution in [1.82, 2.24) is 10.3 Å². The topological polar surface area (TPSA) is 71.2 Å². The fraction of sp³-hybridized carbons (Fsp3) is 0.583. The number of aliphatic hydroxyl groups is 1. The molecular weight excluding hydrogens is 202 g/mol. The average Bonchev–Trinajstić information content (AvgIpc) is 2.32. The summed E-state index contributed by atoms with van der Waals surface area (Å²) in [7, 11) is 0. The summed E-state index contributed by atoms with van der Waals surface area (Å²) in [4.78, 5) is 4.08. The van der Waals surface area contributed by atoms with Crippen molar-refractivity contribution in [2.45, 2.75) is 38.3 Å². The number of anilines is 1. The number of piperidine rings is 1. The third kappa shape index (κ3) is 2.33. The highest BCUT2D eigenvalue weighted by atomic mass is 16.3. The van der Waals surface area contributed by atoms with Crippen LogP contribution in [0.25, 0.3) is 0 Å². The van der Waals surface area contributed by atoms with Crippen LogP contribution in [-0.2, 0) is 0 Å². The first-order valence-electron chi connectivity index (χ1n) is 5.82. The Hall–Kier alpha value is -1.13. The van der Waals surface area contributed by atoms with Crippen LogP contribution in [0, 0.1) is 6.92 Å². The quantitative estimate of drug-likeness (QED) is 0.700. The van der Waals surface area contributed by atoms with Gasteiger partial charge in [-0.1, -0.05) is 6.42 Å². The molecule has 4 N–H and O–H groups in total. The molecule has 0 radical (unpaired) electrons. The van der Waals surface area contributed by atoms with E-state index in [0.717, 1.165) is 30.5 Å². The van der Waals surface area contributed by atoms with Gasteiger partial charge in [-0.3, -0.25) is 0 Å². The van der Waals surface area contributed by atoms with Crippen LogP contribution in [0.5, 0.6) is 0 Å². The zero-order valence-corrected chi connectivity index (χ0v) is 9.61. The molecule has 1 aromatic heterocycles. The van der Waals surface area contributed by atoms with E-state index in [1.807, 2.05) is 13.0 Å². The van der Waals surface area contributed by atoms with Gasteiger partial charge in [0.25, 0.3) is 0 Å². The maximum atomic E-state index is 10.3. The van der Waals surface area contributed by atoms with Crippen molar-refractivity contribution >= 4 is 5.82 Å². The number of nitrogens with zero attached hydrogens (tertiary/aromatic N) is 1. The molecule has 4 nitrogen and oxygen atoms in total. The predicted molar refractivity (Wildman–Crippen MR) is 64.0 cm³/mol. The second-order valence-electron chi connectivity index (χ2n) is 4.49. The molecule has 0 aromatic carbocycles.